The lowest BCUT2D eigenvalue weighted by atomic mass is 9.99. The van der Waals surface area contributed by atoms with Gasteiger partial charge in [0.1, 0.15) is 30.2 Å². The molecule has 0 saturated carbocycles. The Hall–Kier alpha value is -6.19. The zero-order valence-electron chi connectivity index (χ0n) is 30.9. The van der Waals surface area contributed by atoms with E-state index in [9.17, 15) is 43.8 Å². The Morgan fingerprint density at radius 2 is 1.29 bits per heavy atom. The lowest BCUT2D eigenvalue weighted by Gasteiger charge is -2.30. The molecule has 0 radical (unpaired) electrons. The molecule has 2 aromatic heterocycles. The molecule has 2 aromatic carbocycles. The molecule has 16 nitrogen and oxygen atoms in total. The van der Waals surface area contributed by atoms with Crippen LogP contribution in [-0.4, -0.2) is 103 Å². The summed E-state index contributed by atoms with van der Waals surface area (Å²) in [5.74, 6) is -6.04. The molecule has 4 aromatic rings. The Morgan fingerprint density at radius 3 is 1.84 bits per heavy atom. The number of nitrogens with one attached hydrogen (secondary N) is 6. The van der Waals surface area contributed by atoms with Gasteiger partial charge in [0.2, 0.25) is 29.5 Å². The van der Waals surface area contributed by atoms with Gasteiger partial charge in [0, 0.05) is 60.5 Å². The van der Waals surface area contributed by atoms with E-state index in [0.717, 1.165) is 27.4 Å². The van der Waals surface area contributed by atoms with Gasteiger partial charge in [0.25, 0.3) is 0 Å². The van der Waals surface area contributed by atoms with Gasteiger partial charge in [0.05, 0.1) is 6.42 Å². The first-order chi connectivity index (χ1) is 26.2. The van der Waals surface area contributed by atoms with Crippen LogP contribution in [0.25, 0.3) is 21.8 Å². The van der Waals surface area contributed by atoms with Gasteiger partial charge >= 0.3 is 11.9 Å². The van der Waals surface area contributed by atoms with Gasteiger partial charge in [-0.1, -0.05) is 50.2 Å². The first-order valence-corrected chi connectivity index (χ1v) is 18.2. The largest absolute Gasteiger partial charge is 0.481 e. The second kappa shape index (κ2) is 17.8. The van der Waals surface area contributed by atoms with Gasteiger partial charge in [0.15, 0.2) is 0 Å². The van der Waals surface area contributed by atoms with E-state index < -0.39 is 78.1 Å². The van der Waals surface area contributed by atoms with E-state index in [1.807, 2.05) is 62.4 Å². The van der Waals surface area contributed by atoms with Gasteiger partial charge in [-0.2, -0.15) is 0 Å². The second-order valence-electron chi connectivity index (χ2n) is 14.3. The lowest BCUT2D eigenvalue weighted by Crippen LogP contribution is -2.59. The summed E-state index contributed by atoms with van der Waals surface area (Å²) in [6.07, 6.45) is 3.52. The zero-order chi connectivity index (χ0) is 39.8. The van der Waals surface area contributed by atoms with Gasteiger partial charge < -0.3 is 46.3 Å². The number of aromatic amines is 2. The summed E-state index contributed by atoms with van der Waals surface area (Å²) < 4.78 is 0. The van der Waals surface area contributed by atoms with Crippen molar-refractivity contribution in [3.8, 4) is 0 Å². The van der Waals surface area contributed by atoms with Crippen molar-refractivity contribution >= 4 is 63.3 Å². The van der Waals surface area contributed by atoms with Crippen LogP contribution in [-0.2, 0) is 46.4 Å². The van der Waals surface area contributed by atoms with E-state index in [4.69, 9.17) is 0 Å². The van der Waals surface area contributed by atoms with E-state index in [0.29, 0.717) is 18.4 Å². The molecule has 5 rings (SSSR count). The number of nitrogens with zero attached hydrogens (tertiary/aromatic N) is 1. The minimum atomic E-state index is -1.71. The molecular formula is C39H47N7O9. The van der Waals surface area contributed by atoms with Crippen LogP contribution in [0.4, 0.5) is 0 Å². The highest BCUT2D eigenvalue weighted by molar-refractivity contribution is 5.97. The number of aliphatic carboxylic acids is 2. The van der Waals surface area contributed by atoms with Crippen molar-refractivity contribution in [2.75, 3.05) is 6.54 Å². The Balaban J connectivity index is 1.47. The smallest absolute Gasteiger partial charge is 0.326 e. The number of hydrogen-bond donors (Lipinski definition) is 8. The van der Waals surface area contributed by atoms with Crippen molar-refractivity contribution in [1.82, 2.24) is 36.1 Å². The number of carboxylic acids is 2. The number of hydrogen-bond acceptors (Lipinski definition) is 7. The van der Waals surface area contributed by atoms with Crippen molar-refractivity contribution in [2.45, 2.75) is 89.5 Å². The van der Waals surface area contributed by atoms with Crippen molar-refractivity contribution in [3.05, 3.63) is 72.1 Å². The van der Waals surface area contributed by atoms with Crippen LogP contribution in [0.1, 0.15) is 57.6 Å². The van der Waals surface area contributed by atoms with Crippen LogP contribution >= 0.6 is 0 Å². The predicted molar refractivity (Wildman–Crippen MR) is 201 cm³/mol. The highest BCUT2D eigenvalue weighted by Gasteiger charge is 2.40. The lowest BCUT2D eigenvalue weighted by molar-refractivity contribution is -0.148. The number of carbonyl (C=O) groups is 7. The number of carbonyl (C=O) groups excluding carboxylic acids is 5. The van der Waals surface area contributed by atoms with Crippen molar-refractivity contribution in [3.63, 3.8) is 0 Å². The Morgan fingerprint density at radius 1 is 0.745 bits per heavy atom. The first kappa shape index (κ1) is 40.0. The molecule has 0 unspecified atom stereocenters. The molecule has 292 valence electrons. The number of likely N-dealkylation sites (tertiary alicyclic amines) is 1. The van der Waals surface area contributed by atoms with Gasteiger partial charge in [-0.25, -0.2) is 4.79 Å². The van der Waals surface area contributed by atoms with Crippen molar-refractivity contribution < 1.29 is 43.8 Å². The van der Waals surface area contributed by atoms with Crippen LogP contribution in [0, 0.1) is 5.92 Å². The average Bonchev–Trinajstić information content (AvgIpc) is 3.89. The highest BCUT2D eigenvalue weighted by atomic mass is 16.4. The van der Waals surface area contributed by atoms with Crippen LogP contribution < -0.4 is 21.3 Å². The third kappa shape index (κ3) is 10.1. The third-order valence-corrected chi connectivity index (χ3v) is 9.68. The van der Waals surface area contributed by atoms with Crippen LogP contribution in [0.5, 0.6) is 0 Å². The molecule has 5 atom stereocenters. The van der Waals surface area contributed by atoms with Crippen LogP contribution in [0.2, 0.25) is 0 Å². The standard InChI is InChI=1S/C39H47N7O9/c1-21(2)15-29(42-22(3)47)35(50)43-30(16-23-19-40-27-11-6-4-9-25(23)27)36(51)44-31(17-24-20-41-28-12-7-5-10-26(24)28)38(53)46-14-8-13-33(46)37(52)45-32(39(54)55)18-34(48)49/h4-7,9-12,19-21,29-33,40-41H,8,13-18H2,1-3H3,(H,42,47)(H,43,50)(H,44,51)(H,45,52)(H,48,49)(H,54,55)/t29-,30-,31-,32-,33-/m0/s1. The zero-order valence-corrected chi connectivity index (χ0v) is 30.9. The Kier molecular flexibility index (Phi) is 12.9. The van der Waals surface area contributed by atoms with Crippen LogP contribution in [0.3, 0.4) is 0 Å². The fraction of sp³-hybridized carbons (Fsp3) is 0.410. The Bertz CT molecular complexity index is 2070. The summed E-state index contributed by atoms with van der Waals surface area (Å²) in [5, 5.41) is 31.0. The summed E-state index contributed by atoms with van der Waals surface area (Å²) in [6.45, 7) is 5.23. The molecule has 1 fully saturated rings. The first-order valence-electron chi connectivity index (χ1n) is 18.2. The van der Waals surface area contributed by atoms with Crippen LogP contribution in [0.15, 0.2) is 60.9 Å². The summed E-state index contributed by atoms with van der Waals surface area (Å²) >= 11 is 0. The molecule has 1 saturated heterocycles. The maximum absolute atomic E-state index is 14.5. The molecule has 1 aliphatic heterocycles. The number of benzene rings is 2. The van der Waals surface area contributed by atoms with Gasteiger partial charge in [-0.15, -0.1) is 0 Å². The maximum Gasteiger partial charge on any atom is 0.326 e. The third-order valence-electron chi connectivity index (χ3n) is 9.68. The summed E-state index contributed by atoms with van der Waals surface area (Å²) in [6, 6.07) is 8.64. The molecule has 16 heteroatoms. The maximum atomic E-state index is 14.5. The minimum absolute atomic E-state index is 0.00813. The van der Waals surface area contributed by atoms with Crippen molar-refractivity contribution in [1.29, 1.82) is 0 Å². The number of aromatic nitrogens is 2. The van der Waals surface area contributed by atoms with E-state index >= 15 is 0 Å². The number of H-pyrrole nitrogens is 2. The number of para-hydroxylation sites is 2. The summed E-state index contributed by atoms with van der Waals surface area (Å²) in [7, 11) is 0. The quantitative estimate of drug-likeness (QED) is 0.0784. The molecule has 8 N–H and O–H groups in total. The summed E-state index contributed by atoms with van der Waals surface area (Å²) in [4.78, 5) is 98.8. The molecule has 1 aliphatic rings. The van der Waals surface area contributed by atoms with Gasteiger partial charge in [-0.05, 0) is 48.4 Å². The normalized spacial score (nSPS) is 16.3. The number of amides is 5. The number of carboxylic acid groups (broad SMARTS) is 2. The van der Waals surface area contributed by atoms with E-state index in [-0.39, 0.29) is 31.7 Å². The van der Waals surface area contributed by atoms with Crippen molar-refractivity contribution in [2.24, 2.45) is 5.92 Å². The Labute approximate surface area is 316 Å². The molecule has 0 bridgehead atoms. The van der Waals surface area contributed by atoms with E-state index in [2.05, 4.69) is 31.2 Å². The fourth-order valence-corrected chi connectivity index (χ4v) is 7.09. The van der Waals surface area contributed by atoms with E-state index in [1.165, 1.54) is 11.8 Å². The molecule has 5 amide bonds. The molecular weight excluding hydrogens is 710 g/mol. The van der Waals surface area contributed by atoms with E-state index in [1.54, 1.807) is 12.4 Å². The highest BCUT2D eigenvalue weighted by Crippen LogP contribution is 2.24. The second-order valence-corrected chi connectivity index (χ2v) is 14.3. The molecule has 3 heterocycles. The molecule has 0 aliphatic carbocycles. The SMILES string of the molecule is CC(=O)N[C@@H](CC(C)C)C(=O)N[C@@H](Cc1c[nH]c2ccccc12)C(=O)N[C@@H](Cc1c[nH]c2ccccc12)C(=O)N1CCC[C@H]1C(=O)N[C@@H](CC(=O)O)C(=O)O. The number of fused-ring (bicyclic) bond motifs is 2. The number of rotatable bonds is 17. The topological polar surface area (TPSA) is 243 Å². The molecule has 0 spiro atoms. The minimum Gasteiger partial charge on any atom is -0.481 e. The van der Waals surface area contributed by atoms with Gasteiger partial charge in [-0.3, -0.25) is 28.8 Å². The summed E-state index contributed by atoms with van der Waals surface area (Å²) in [5.41, 5.74) is 3.03. The predicted octanol–water partition coefficient (Wildman–Crippen LogP) is 1.99. The monoisotopic (exact) mass is 757 g/mol. The molecule has 55 heavy (non-hydrogen) atoms. The average molecular weight is 758 g/mol. The fourth-order valence-electron chi connectivity index (χ4n) is 7.09.